The summed E-state index contributed by atoms with van der Waals surface area (Å²) >= 11 is 0. The molecular formula is C41H57N7O10. The number of guanidine groups is 1. The largest absolute Gasteiger partial charge is 0.480 e. The van der Waals surface area contributed by atoms with Crippen molar-refractivity contribution >= 4 is 42.1 Å². The minimum atomic E-state index is -1.25. The lowest BCUT2D eigenvalue weighted by molar-refractivity contribution is -0.139. The van der Waals surface area contributed by atoms with Gasteiger partial charge in [-0.1, -0.05) is 62.4 Å². The molecule has 1 fully saturated rings. The number of fused-ring (bicyclic) bond motifs is 3. The summed E-state index contributed by atoms with van der Waals surface area (Å²) in [5.74, 6) is -2.45. The second kappa shape index (κ2) is 19.5. The summed E-state index contributed by atoms with van der Waals surface area (Å²) in [6, 6.07) is 12.8. The van der Waals surface area contributed by atoms with Crippen molar-refractivity contribution in [1.29, 1.82) is 0 Å². The lowest BCUT2D eigenvalue weighted by Crippen LogP contribution is -2.58. The van der Waals surface area contributed by atoms with Crippen LogP contribution in [-0.4, -0.2) is 107 Å². The molecule has 1 heterocycles. The normalized spacial score (nSPS) is 15.3. The molecule has 2 aliphatic rings. The molecule has 17 heteroatoms. The Bertz CT molecular complexity index is 1770. The molecule has 6 amide bonds. The molecule has 2 aromatic carbocycles. The number of carbonyl (C=O) groups excluding carboxylic acids is 5. The molecule has 0 spiro atoms. The van der Waals surface area contributed by atoms with Gasteiger partial charge in [0.15, 0.2) is 0 Å². The van der Waals surface area contributed by atoms with E-state index in [9.17, 15) is 33.9 Å². The van der Waals surface area contributed by atoms with E-state index in [4.69, 9.17) is 14.2 Å². The third-order valence-electron chi connectivity index (χ3n) is 8.97. The molecule has 1 unspecified atom stereocenters. The van der Waals surface area contributed by atoms with Gasteiger partial charge in [-0.05, 0) is 95.4 Å². The third kappa shape index (κ3) is 13.1. The van der Waals surface area contributed by atoms with Crippen LogP contribution >= 0.6 is 0 Å². The van der Waals surface area contributed by atoms with Crippen LogP contribution in [0.3, 0.4) is 0 Å². The number of ether oxygens (including phenoxy) is 3. The molecule has 1 aliphatic carbocycles. The molecule has 0 bridgehead atoms. The number of hydrogen-bond acceptors (Lipinski definition) is 10. The number of nitrogens with one attached hydrogen (secondary N) is 4. The maximum absolute atomic E-state index is 13.8. The zero-order valence-corrected chi connectivity index (χ0v) is 34.5. The van der Waals surface area contributed by atoms with Crippen LogP contribution in [0.2, 0.25) is 0 Å². The Balaban J connectivity index is 1.46. The van der Waals surface area contributed by atoms with Crippen molar-refractivity contribution in [2.24, 2.45) is 10.9 Å². The lowest BCUT2D eigenvalue weighted by atomic mass is 9.98. The van der Waals surface area contributed by atoms with Gasteiger partial charge < -0.3 is 24.6 Å². The fraction of sp³-hybridized carbons (Fsp3) is 0.537. The predicted octanol–water partition coefficient (Wildman–Crippen LogP) is 5.74. The minimum absolute atomic E-state index is 0.0614. The molecule has 0 aromatic heterocycles. The Hall–Kier alpha value is -5.87. The Morgan fingerprint density at radius 1 is 0.879 bits per heavy atom. The van der Waals surface area contributed by atoms with Gasteiger partial charge >= 0.3 is 30.3 Å². The van der Waals surface area contributed by atoms with Gasteiger partial charge in [-0.15, -0.1) is 0 Å². The van der Waals surface area contributed by atoms with E-state index in [-0.39, 0.29) is 56.9 Å². The summed E-state index contributed by atoms with van der Waals surface area (Å²) in [6.07, 6.45) is -1.45. The van der Waals surface area contributed by atoms with Gasteiger partial charge in [-0.3, -0.25) is 30.7 Å². The first-order valence-corrected chi connectivity index (χ1v) is 19.5. The molecule has 0 radical (unpaired) electrons. The maximum atomic E-state index is 13.8. The second-order valence-corrected chi connectivity index (χ2v) is 16.6. The minimum Gasteiger partial charge on any atom is -0.480 e. The van der Waals surface area contributed by atoms with Gasteiger partial charge in [0.25, 0.3) is 5.91 Å². The Morgan fingerprint density at radius 3 is 1.95 bits per heavy atom. The van der Waals surface area contributed by atoms with E-state index in [1.54, 1.807) is 41.5 Å². The standard InChI is InChI=1S/C41H57N7O10/c1-25(2)23-31(34(50)51)43-36(52)48(22-14-20-42-35(44-37(53)57-40(3,4)5)45-38(54)58-41(6,7)8)46-33(49)32-19-13-21-47(32)39(55)56-24-30-28-17-11-9-15-26(28)27-16-10-12-18-29(27)30/h9-12,15-18,25,30-32H,13-14,19-24H2,1-8H3,(H,43,52)(H,46,49)(H,50,51)(H2,42,44,45,53,54)/t31?,32-/m0/s1. The van der Waals surface area contributed by atoms with E-state index in [1.165, 1.54) is 4.90 Å². The number of rotatable bonds is 11. The number of alkyl carbamates (subject to hydrolysis) is 2. The summed E-state index contributed by atoms with van der Waals surface area (Å²) in [4.78, 5) is 83.6. The monoisotopic (exact) mass is 807 g/mol. The number of hydrazine groups is 1. The first-order chi connectivity index (χ1) is 27.2. The van der Waals surface area contributed by atoms with Crippen molar-refractivity contribution in [2.45, 2.75) is 110 Å². The summed E-state index contributed by atoms with van der Waals surface area (Å²) in [6.45, 7) is 13.6. The molecule has 17 nitrogen and oxygen atoms in total. The van der Waals surface area contributed by atoms with Crippen molar-refractivity contribution in [3.8, 4) is 11.1 Å². The molecule has 4 rings (SSSR count). The highest BCUT2D eigenvalue weighted by Gasteiger charge is 2.38. The van der Waals surface area contributed by atoms with Crippen LogP contribution < -0.4 is 21.4 Å². The van der Waals surface area contributed by atoms with E-state index >= 15 is 0 Å². The highest BCUT2D eigenvalue weighted by Crippen LogP contribution is 2.44. The first-order valence-electron chi connectivity index (χ1n) is 19.5. The third-order valence-corrected chi connectivity index (χ3v) is 8.97. The van der Waals surface area contributed by atoms with Gasteiger partial charge in [0, 0.05) is 25.6 Å². The lowest BCUT2D eigenvalue weighted by Gasteiger charge is -2.29. The van der Waals surface area contributed by atoms with Crippen molar-refractivity contribution in [2.75, 3.05) is 26.2 Å². The van der Waals surface area contributed by atoms with Crippen molar-refractivity contribution < 1.29 is 48.1 Å². The van der Waals surface area contributed by atoms with Gasteiger partial charge in [-0.25, -0.2) is 29.0 Å². The van der Waals surface area contributed by atoms with Gasteiger partial charge in [0.05, 0.1) is 0 Å². The first kappa shape index (κ1) is 44.8. The molecule has 2 aromatic rings. The smallest absolute Gasteiger partial charge is 0.414 e. The van der Waals surface area contributed by atoms with Crippen molar-refractivity contribution in [3.63, 3.8) is 0 Å². The second-order valence-electron chi connectivity index (χ2n) is 16.6. The van der Waals surface area contributed by atoms with Crippen LogP contribution in [-0.2, 0) is 23.8 Å². The SMILES string of the molecule is CC(C)CC(NC(=O)N(CCCN=C(NC(=O)OC(C)(C)C)NC(=O)OC(C)(C)C)NC(=O)[C@@H]1CCCN1C(=O)OCC1c2ccccc2-c2ccccc21)C(=O)O. The zero-order valence-electron chi connectivity index (χ0n) is 34.5. The van der Waals surface area contributed by atoms with Crippen LogP contribution in [0, 0.1) is 5.92 Å². The van der Waals surface area contributed by atoms with Crippen LogP contribution in [0.25, 0.3) is 11.1 Å². The number of amides is 6. The molecule has 58 heavy (non-hydrogen) atoms. The Morgan fingerprint density at radius 2 is 1.43 bits per heavy atom. The molecule has 5 N–H and O–H groups in total. The fourth-order valence-electron chi connectivity index (χ4n) is 6.60. The van der Waals surface area contributed by atoms with Crippen LogP contribution in [0.15, 0.2) is 53.5 Å². The number of likely N-dealkylation sites (tertiary alicyclic amines) is 1. The molecule has 2 atom stereocenters. The van der Waals surface area contributed by atoms with Crippen molar-refractivity contribution in [3.05, 3.63) is 59.7 Å². The molecule has 1 aliphatic heterocycles. The Labute approximate surface area is 339 Å². The van der Waals surface area contributed by atoms with E-state index < -0.39 is 59.5 Å². The zero-order chi connectivity index (χ0) is 42.8. The number of aliphatic carboxylic acids is 1. The number of nitrogens with zero attached hydrogens (tertiary/aromatic N) is 3. The summed E-state index contributed by atoms with van der Waals surface area (Å²) in [5, 5.41) is 18.0. The van der Waals surface area contributed by atoms with Crippen molar-refractivity contribution in [1.82, 2.24) is 31.3 Å². The van der Waals surface area contributed by atoms with E-state index in [0.717, 1.165) is 27.3 Å². The number of benzene rings is 2. The maximum Gasteiger partial charge on any atom is 0.414 e. The highest BCUT2D eigenvalue weighted by atomic mass is 16.6. The quantitative estimate of drug-likeness (QED) is 0.0610. The van der Waals surface area contributed by atoms with E-state index in [2.05, 4.69) is 26.4 Å². The average molecular weight is 808 g/mol. The number of carbonyl (C=O) groups is 6. The van der Waals surface area contributed by atoms with E-state index in [0.29, 0.717) is 12.8 Å². The molecule has 0 saturated carbocycles. The van der Waals surface area contributed by atoms with Gasteiger partial charge in [0.1, 0.15) is 29.9 Å². The summed E-state index contributed by atoms with van der Waals surface area (Å²) in [7, 11) is 0. The topological polar surface area (TPSA) is 217 Å². The molecular weight excluding hydrogens is 750 g/mol. The summed E-state index contributed by atoms with van der Waals surface area (Å²) in [5.41, 5.74) is 5.13. The number of carboxylic acids is 1. The van der Waals surface area contributed by atoms with Crippen LogP contribution in [0.1, 0.15) is 98.1 Å². The summed E-state index contributed by atoms with van der Waals surface area (Å²) < 4.78 is 16.4. The number of aliphatic imine (C=N–C) groups is 1. The number of urea groups is 1. The predicted molar refractivity (Wildman–Crippen MR) is 215 cm³/mol. The van der Waals surface area contributed by atoms with Gasteiger partial charge in [0.2, 0.25) is 5.96 Å². The van der Waals surface area contributed by atoms with Gasteiger partial charge in [-0.2, -0.15) is 0 Å². The number of carboxylic acid groups (broad SMARTS) is 1. The molecule has 316 valence electrons. The van der Waals surface area contributed by atoms with Crippen LogP contribution in [0.4, 0.5) is 19.2 Å². The fourth-order valence-corrected chi connectivity index (χ4v) is 6.60. The Kier molecular flexibility index (Phi) is 15.1. The average Bonchev–Trinajstić information content (AvgIpc) is 3.73. The van der Waals surface area contributed by atoms with Crippen LogP contribution in [0.5, 0.6) is 0 Å². The number of hydrogen-bond donors (Lipinski definition) is 5. The molecule has 1 saturated heterocycles. The van der Waals surface area contributed by atoms with E-state index in [1.807, 2.05) is 62.4 Å². The highest BCUT2D eigenvalue weighted by molar-refractivity contribution is 6.01.